The van der Waals surface area contributed by atoms with Crippen LogP contribution in [0.15, 0.2) is 12.1 Å². The Kier molecular flexibility index (Phi) is 3.28. The first-order chi connectivity index (χ1) is 8.62. The van der Waals surface area contributed by atoms with Crippen molar-refractivity contribution in [3.63, 3.8) is 0 Å². The van der Waals surface area contributed by atoms with Crippen molar-refractivity contribution in [2.24, 2.45) is 0 Å². The van der Waals surface area contributed by atoms with Gasteiger partial charge in [0.15, 0.2) is 0 Å². The predicted molar refractivity (Wildman–Crippen MR) is 73.4 cm³/mol. The lowest BCUT2D eigenvalue weighted by Gasteiger charge is -2.14. The summed E-state index contributed by atoms with van der Waals surface area (Å²) in [6.45, 7) is 4.06. The zero-order valence-electron chi connectivity index (χ0n) is 11.2. The normalized spacial score (nSPS) is 10.7. The molecule has 4 heteroatoms. The van der Waals surface area contributed by atoms with E-state index in [0.717, 1.165) is 40.0 Å². The third kappa shape index (κ3) is 1.83. The smallest absolute Gasteiger partial charge is 0.134 e. The molecule has 0 fully saturated rings. The Balaban J connectivity index is 2.87. The summed E-state index contributed by atoms with van der Waals surface area (Å²) in [5.41, 5.74) is 9.78. The molecule has 4 nitrogen and oxygen atoms in total. The van der Waals surface area contributed by atoms with Gasteiger partial charge in [-0.3, -0.25) is 4.98 Å². The summed E-state index contributed by atoms with van der Waals surface area (Å²) >= 11 is 0. The monoisotopic (exact) mass is 246 g/mol. The number of ether oxygens (including phenoxy) is 2. The number of aromatic nitrogens is 1. The molecule has 0 aliphatic rings. The lowest BCUT2D eigenvalue weighted by Crippen LogP contribution is -2.02. The van der Waals surface area contributed by atoms with Gasteiger partial charge in [0.25, 0.3) is 0 Å². The van der Waals surface area contributed by atoms with Gasteiger partial charge in [0, 0.05) is 23.5 Å². The van der Waals surface area contributed by atoms with Gasteiger partial charge < -0.3 is 15.2 Å². The standard InChI is InChI=1S/C14H18N2O2/c1-5-10-8(2)14(15)13-11(16-10)6-9(17-3)7-12(13)18-4/h6-7H,5H2,1-4H3,(H2,15,16). The fraction of sp³-hybridized carbons (Fsp3) is 0.357. The van der Waals surface area contributed by atoms with Crippen LogP contribution in [0.4, 0.5) is 5.69 Å². The fourth-order valence-electron chi connectivity index (χ4n) is 2.13. The molecule has 0 radical (unpaired) electrons. The highest BCUT2D eigenvalue weighted by molar-refractivity contribution is 5.98. The van der Waals surface area contributed by atoms with Crippen LogP contribution in [0.2, 0.25) is 0 Å². The van der Waals surface area contributed by atoms with Crippen molar-refractivity contribution in [3.8, 4) is 11.5 Å². The number of fused-ring (bicyclic) bond motifs is 1. The lowest BCUT2D eigenvalue weighted by molar-refractivity contribution is 0.398. The highest BCUT2D eigenvalue weighted by Crippen LogP contribution is 2.36. The van der Waals surface area contributed by atoms with E-state index in [1.807, 2.05) is 19.1 Å². The average molecular weight is 246 g/mol. The fourth-order valence-corrected chi connectivity index (χ4v) is 2.13. The Hall–Kier alpha value is -1.97. The Morgan fingerprint density at radius 2 is 1.94 bits per heavy atom. The van der Waals surface area contributed by atoms with E-state index in [0.29, 0.717) is 5.75 Å². The number of nitrogen functional groups attached to an aromatic ring is 1. The number of pyridine rings is 1. The number of nitrogens with zero attached hydrogens (tertiary/aromatic N) is 1. The van der Waals surface area contributed by atoms with Crippen LogP contribution in [0, 0.1) is 6.92 Å². The molecule has 2 aromatic rings. The first kappa shape index (κ1) is 12.5. The van der Waals surface area contributed by atoms with Crippen LogP contribution in [-0.4, -0.2) is 19.2 Å². The molecule has 96 valence electrons. The third-order valence-corrected chi connectivity index (χ3v) is 3.21. The number of hydrogen-bond donors (Lipinski definition) is 1. The summed E-state index contributed by atoms with van der Waals surface area (Å²) in [5.74, 6) is 1.41. The minimum Gasteiger partial charge on any atom is -0.497 e. The van der Waals surface area contributed by atoms with Crippen molar-refractivity contribution in [2.45, 2.75) is 20.3 Å². The summed E-state index contributed by atoms with van der Waals surface area (Å²) in [5, 5.41) is 0.855. The second-order valence-electron chi connectivity index (χ2n) is 4.17. The van der Waals surface area contributed by atoms with Crippen molar-refractivity contribution in [1.29, 1.82) is 0 Å². The zero-order chi connectivity index (χ0) is 13.3. The van der Waals surface area contributed by atoms with Crippen LogP contribution >= 0.6 is 0 Å². The summed E-state index contributed by atoms with van der Waals surface area (Å²) in [6, 6.07) is 3.71. The number of nitrogens with two attached hydrogens (primary N) is 1. The molecule has 0 aliphatic carbocycles. The van der Waals surface area contributed by atoms with Crippen molar-refractivity contribution in [3.05, 3.63) is 23.4 Å². The molecule has 0 aliphatic heterocycles. The number of aryl methyl sites for hydroxylation is 1. The molecule has 1 aromatic heterocycles. The summed E-state index contributed by atoms with van der Waals surface area (Å²) in [6.07, 6.45) is 0.853. The number of rotatable bonds is 3. The topological polar surface area (TPSA) is 57.4 Å². The van der Waals surface area contributed by atoms with Crippen LogP contribution in [0.5, 0.6) is 11.5 Å². The largest absolute Gasteiger partial charge is 0.497 e. The molecule has 2 N–H and O–H groups in total. The Bertz CT molecular complexity index is 594. The molecule has 0 spiro atoms. The molecule has 0 saturated heterocycles. The van der Waals surface area contributed by atoms with E-state index in [4.69, 9.17) is 15.2 Å². The van der Waals surface area contributed by atoms with Crippen LogP contribution in [0.25, 0.3) is 10.9 Å². The predicted octanol–water partition coefficient (Wildman–Crippen LogP) is 2.71. The van der Waals surface area contributed by atoms with Crippen LogP contribution in [0.1, 0.15) is 18.2 Å². The van der Waals surface area contributed by atoms with Gasteiger partial charge in [-0.15, -0.1) is 0 Å². The molecule has 0 amide bonds. The second kappa shape index (κ2) is 4.72. The Labute approximate surface area is 107 Å². The molecule has 0 atom stereocenters. The summed E-state index contributed by atoms with van der Waals surface area (Å²) < 4.78 is 10.6. The van der Waals surface area contributed by atoms with Crippen LogP contribution in [-0.2, 0) is 6.42 Å². The van der Waals surface area contributed by atoms with Gasteiger partial charge in [-0.25, -0.2) is 0 Å². The van der Waals surface area contributed by atoms with Gasteiger partial charge in [0.2, 0.25) is 0 Å². The summed E-state index contributed by atoms with van der Waals surface area (Å²) in [4.78, 5) is 4.63. The Morgan fingerprint density at radius 1 is 1.22 bits per heavy atom. The van der Waals surface area contributed by atoms with Crippen molar-refractivity contribution < 1.29 is 9.47 Å². The van der Waals surface area contributed by atoms with E-state index >= 15 is 0 Å². The van der Waals surface area contributed by atoms with Gasteiger partial charge >= 0.3 is 0 Å². The van der Waals surface area contributed by atoms with Gasteiger partial charge in [-0.1, -0.05) is 6.92 Å². The molecule has 0 saturated carbocycles. The molecular formula is C14H18N2O2. The number of benzene rings is 1. The minimum atomic E-state index is 0.695. The van der Waals surface area contributed by atoms with Crippen molar-refractivity contribution in [2.75, 3.05) is 20.0 Å². The van der Waals surface area contributed by atoms with Crippen molar-refractivity contribution in [1.82, 2.24) is 4.98 Å². The van der Waals surface area contributed by atoms with E-state index in [1.165, 1.54) is 0 Å². The highest BCUT2D eigenvalue weighted by Gasteiger charge is 2.14. The zero-order valence-corrected chi connectivity index (χ0v) is 11.2. The maximum absolute atomic E-state index is 6.20. The SMILES string of the molecule is CCc1nc2cc(OC)cc(OC)c2c(N)c1C. The van der Waals surface area contributed by atoms with E-state index in [9.17, 15) is 0 Å². The quantitative estimate of drug-likeness (QED) is 0.904. The molecule has 0 unspecified atom stereocenters. The highest BCUT2D eigenvalue weighted by atomic mass is 16.5. The van der Waals surface area contributed by atoms with Gasteiger partial charge in [-0.05, 0) is 18.9 Å². The van der Waals surface area contributed by atoms with Gasteiger partial charge in [0.05, 0.1) is 25.1 Å². The maximum Gasteiger partial charge on any atom is 0.134 e. The molecule has 1 heterocycles. The van der Waals surface area contributed by atoms with Crippen molar-refractivity contribution >= 4 is 16.6 Å². The van der Waals surface area contributed by atoms with Crippen LogP contribution in [0.3, 0.4) is 0 Å². The molecule has 1 aromatic carbocycles. The summed E-state index contributed by atoms with van der Waals surface area (Å²) in [7, 11) is 3.25. The van der Waals surface area contributed by atoms with Crippen LogP contribution < -0.4 is 15.2 Å². The molecule has 2 rings (SSSR count). The molecule has 0 bridgehead atoms. The van der Waals surface area contributed by atoms with Gasteiger partial charge in [-0.2, -0.15) is 0 Å². The van der Waals surface area contributed by atoms with E-state index in [1.54, 1.807) is 14.2 Å². The second-order valence-corrected chi connectivity index (χ2v) is 4.17. The number of methoxy groups -OCH3 is 2. The average Bonchev–Trinajstić information content (AvgIpc) is 2.41. The number of anilines is 1. The minimum absolute atomic E-state index is 0.695. The first-order valence-electron chi connectivity index (χ1n) is 5.93. The van der Waals surface area contributed by atoms with E-state index in [-0.39, 0.29) is 0 Å². The van der Waals surface area contributed by atoms with E-state index in [2.05, 4.69) is 11.9 Å². The lowest BCUT2D eigenvalue weighted by atomic mass is 10.0. The number of hydrogen-bond acceptors (Lipinski definition) is 4. The van der Waals surface area contributed by atoms with E-state index < -0.39 is 0 Å². The van der Waals surface area contributed by atoms with Gasteiger partial charge in [0.1, 0.15) is 11.5 Å². The maximum atomic E-state index is 6.20. The first-order valence-corrected chi connectivity index (χ1v) is 5.93. The molecular weight excluding hydrogens is 228 g/mol. The third-order valence-electron chi connectivity index (χ3n) is 3.21. The Morgan fingerprint density at radius 3 is 2.50 bits per heavy atom. The molecule has 18 heavy (non-hydrogen) atoms.